The Morgan fingerprint density at radius 3 is 2.36 bits per heavy atom. The monoisotopic (exact) mass is 561 g/mol. The van der Waals surface area contributed by atoms with Crippen LogP contribution in [0.1, 0.15) is 31.8 Å². The Balaban J connectivity index is 2.03. The minimum Gasteiger partial charge on any atom is -0.493 e. The van der Waals surface area contributed by atoms with Crippen molar-refractivity contribution in [1.82, 2.24) is 33.7 Å². The average Bonchev–Trinajstić information content (AvgIpc) is 3.18. The van der Waals surface area contributed by atoms with Gasteiger partial charge in [-0.25, -0.2) is 17.9 Å². The topological polar surface area (TPSA) is 150 Å². The predicted molar refractivity (Wildman–Crippen MR) is 145 cm³/mol. The second-order valence-corrected chi connectivity index (χ2v) is 11.4. The summed E-state index contributed by atoms with van der Waals surface area (Å²) in [7, 11) is 1.77. The molecule has 1 N–H and O–H groups in total. The molecule has 39 heavy (non-hydrogen) atoms. The molecule has 0 fully saturated rings. The number of carbonyl (C=O) groups excluding carboxylic acids is 2. The summed E-state index contributed by atoms with van der Waals surface area (Å²) in [5.41, 5.74) is 0.690. The quantitative estimate of drug-likeness (QED) is 0.360. The third-order valence-electron chi connectivity index (χ3n) is 5.99. The highest BCUT2D eigenvalue weighted by Gasteiger charge is 2.28. The summed E-state index contributed by atoms with van der Waals surface area (Å²) in [6.07, 6.45) is 1.39. The van der Waals surface area contributed by atoms with E-state index in [0.717, 1.165) is 15.6 Å². The Bertz CT molecular complexity index is 1540. The molecule has 3 aromatic rings. The number of nitrogens with one attached hydrogen (secondary N) is 1. The highest BCUT2D eigenvalue weighted by molar-refractivity contribution is 7.89. The van der Waals surface area contributed by atoms with Crippen LogP contribution >= 0.6 is 0 Å². The number of benzene rings is 1. The zero-order valence-corrected chi connectivity index (χ0v) is 24.1. The molecule has 0 spiro atoms. The van der Waals surface area contributed by atoms with Crippen LogP contribution in [0, 0.1) is 6.92 Å². The lowest BCUT2D eigenvalue weighted by molar-refractivity contribution is -0.143. The number of aromatic amines is 1. The van der Waals surface area contributed by atoms with Crippen LogP contribution in [-0.4, -0.2) is 102 Å². The van der Waals surface area contributed by atoms with Crippen molar-refractivity contribution in [1.29, 1.82) is 0 Å². The summed E-state index contributed by atoms with van der Waals surface area (Å²) < 4.78 is 34.9. The normalized spacial score (nSPS) is 11.9. The minimum absolute atomic E-state index is 0.00686. The number of imidazole rings is 1. The molecule has 13 nitrogen and oxygen atoms in total. The Morgan fingerprint density at radius 1 is 1.08 bits per heavy atom. The van der Waals surface area contributed by atoms with E-state index in [1.807, 2.05) is 6.92 Å². The number of hydrogen-bond donors (Lipinski definition) is 1. The molecular weight excluding hydrogens is 526 g/mol. The predicted octanol–water partition coefficient (Wildman–Crippen LogP) is 0.911. The van der Waals surface area contributed by atoms with Gasteiger partial charge in [-0.05, 0) is 52.6 Å². The number of aryl methyl sites for hydroxylation is 2. The summed E-state index contributed by atoms with van der Waals surface area (Å²) in [4.78, 5) is 47.4. The van der Waals surface area contributed by atoms with E-state index in [9.17, 15) is 22.8 Å². The maximum absolute atomic E-state index is 13.4. The van der Waals surface area contributed by atoms with Crippen molar-refractivity contribution in [2.75, 3.05) is 47.9 Å². The van der Waals surface area contributed by atoms with Crippen molar-refractivity contribution in [2.45, 2.75) is 38.5 Å². The van der Waals surface area contributed by atoms with Gasteiger partial charge in [0.2, 0.25) is 21.8 Å². The first-order chi connectivity index (χ1) is 18.3. The van der Waals surface area contributed by atoms with Crippen LogP contribution in [0.3, 0.4) is 0 Å². The van der Waals surface area contributed by atoms with E-state index in [2.05, 4.69) is 15.1 Å². The Kier molecular flexibility index (Phi) is 9.25. The van der Waals surface area contributed by atoms with E-state index in [4.69, 9.17) is 4.74 Å². The number of nitrogens with zero attached hydrogens (tertiary/aromatic N) is 6. The maximum Gasteiger partial charge on any atom is 0.277 e. The van der Waals surface area contributed by atoms with Crippen LogP contribution in [0.25, 0.3) is 16.9 Å². The molecule has 3 rings (SSSR count). The number of imide groups is 1. The third kappa shape index (κ3) is 6.34. The zero-order valence-electron chi connectivity index (χ0n) is 23.3. The summed E-state index contributed by atoms with van der Waals surface area (Å²) in [6.45, 7) is 5.25. The highest BCUT2D eigenvalue weighted by atomic mass is 32.2. The van der Waals surface area contributed by atoms with Gasteiger partial charge in [0, 0.05) is 20.5 Å². The number of ether oxygens (including phenoxy) is 1. The molecule has 2 aromatic heterocycles. The van der Waals surface area contributed by atoms with Crippen molar-refractivity contribution in [3.05, 3.63) is 40.1 Å². The van der Waals surface area contributed by atoms with Gasteiger partial charge in [0.05, 0.1) is 35.8 Å². The van der Waals surface area contributed by atoms with E-state index in [-0.39, 0.29) is 22.8 Å². The second kappa shape index (κ2) is 12.1. The molecule has 0 aliphatic carbocycles. The number of likely N-dealkylation sites (N-methyl/N-ethyl adjacent to an activating group) is 3. The van der Waals surface area contributed by atoms with Gasteiger partial charge in [-0.1, -0.05) is 6.92 Å². The molecular formula is C25H35N7O6S. The number of carbonyl (C=O) groups is 2. The number of fused-ring (bicyclic) bond motifs is 1. The largest absolute Gasteiger partial charge is 0.493 e. The Morgan fingerprint density at radius 2 is 1.74 bits per heavy atom. The van der Waals surface area contributed by atoms with Crippen molar-refractivity contribution in [2.24, 2.45) is 0 Å². The number of H-pyrrole nitrogens is 1. The van der Waals surface area contributed by atoms with Gasteiger partial charge >= 0.3 is 0 Å². The fraction of sp³-hybridized carbons (Fsp3) is 0.480. The lowest BCUT2D eigenvalue weighted by Gasteiger charge is -2.22. The molecule has 0 bridgehead atoms. The first-order valence-corrected chi connectivity index (χ1v) is 13.9. The van der Waals surface area contributed by atoms with Crippen molar-refractivity contribution >= 4 is 27.4 Å². The number of rotatable bonds is 11. The van der Waals surface area contributed by atoms with Crippen LogP contribution in [0.4, 0.5) is 0 Å². The zero-order chi connectivity index (χ0) is 29.1. The lowest BCUT2D eigenvalue weighted by atomic mass is 10.2. The standard InChI is InChI=1S/C25H35N7O6S/c1-8-10-20-26-16(3)23-25(35)27-24(28-32(20)23)18-13-17(11-12-19(18)38-9-2)39(36,37)30(6)15-22(34)31(7)21(33)14-29(4)5/h11-13H,8-10,14-15H2,1-7H3,(H,27,28,35). The van der Waals surface area contributed by atoms with Crippen molar-refractivity contribution in [3.8, 4) is 17.1 Å². The van der Waals surface area contributed by atoms with E-state index in [1.54, 1.807) is 32.8 Å². The second-order valence-electron chi connectivity index (χ2n) is 9.36. The maximum atomic E-state index is 13.4. The van der Waals surface area contributed by atoms with Gasteiger partial charge in [-0.3, -0.25) is 19.3 Å². The average molecular weight is 562 g/mol. The van der Waals surface area contributed by atoms with Gasteiger partial charge in [-0.2, -0.15) is 4.31 Å². The highest BCUT2D eigenvalue weighted by Crippen LogP contribution is 2.31. The molecule has 212 valence electrons. The van der Waals surface area contributed by atoms with E-state index in [0.29, 0.717) is 35.8 Å². The number of amides is 2. The molecule has 0 aliphatic heterocycles. The first kappa shape index (κ1) is 29.9. The summed E-state index contributed by atoms with van der Waals surface area (Å²) in [5.74, 6) is -0.0856. The van der Waals surface area contributed by atoms with Gasteiger partial charge in [0.15, 0.2) is 11.3 Å². The molecule has 0 saturated carbocycles. The molecule has 0 saturated heterocycles. The van der Waals surface area contributed by atoms with E-state index < -0.39 is 33.9 Å². The van der Waals surface area contributed by atoms with Gasteiger partial charge in [0.25, 0.3) is 5.56 Å². The molecule has 0 atom stereocenters. The van der Waals surface area contributed by atoms with Crippen LogP contribution < -0.4 is 10.3 Å². The molecule has 1 aromatic carbocycles. The van der Waals surface area contributed by atoms with Gasteiger partial charge in [-0.15, -0.1) is 5.10 Å². The molecule has 0 aliphatic rings. The van der Waals surface area contributed by atoms with Crippen LogP contribution in [0.15, 0.2) is 27.9 Å². The number of hydrogen-bond acceptors (Lipinski definition) is 9. The minimum atomic E-state index is -4.17. The molecule has 0 unspecified atom stereocenters. The van der Waals surface area contributed by atoms with E-state index in [1.165, 1.54) is 36.8 Å². The fourth-order valence-corrected chi connectivity index (χ4v) is 5.10. The Labute approximate surface area is 227 Å². The van der Waals surface area contributed by atoms with Crippen molar-refractivity contribution < 1.29 is 22.7 Å². The van der Waals surface area contributed by atoms with Crippen LogP contribution in [0.5, 0.6) is 5.75 Å². The van der Waals surface area contributed by atoms with E-state index >= 15 is 0 Å². The molecule has 14 heteroatoms. The van der Waals surface area contributed by atoms with Crippen LogP contribution in [0.2, 0.25) is 0 Å². The van der Waals surface area contributed by atoms with Crippen molar-refractivity contribution in [3.63, 3.8) is 0 Å². The fourth-order valence-electron chi connectivity index (χ4n) is 3.96. The third-order valence-corrected chi connectivity index (χ3v) is 7.79. The molecule has 2 amide bonds. The molecule has 2 heterocycles. The van der Waals surface area contributed by atoms with Gasteiger partial charge < -0.3 is 14.6 Å². The summed E-state index contributed by atoms with van der Waals surface area (Å²) >= 11 is 0. The summed E-state index contributed by atoms with van der Waals surface area (Å²) in [5, 5.41) is 4.58. The summed E-state index contributed by atoms with van der Waals surface area (Å²) in [6, 6.07) is 4.17. The number of sulfonamides is 1. The number of aromatic nitrogens is 4. The molecule has 0 radical (unpaired) electrons. The first-order valence-electron chi connectivity index (χ1n) is 12.5. The smallest absolute Gasteiger partial charge is 0.277 e. The lowest BCUT2D eigenvalue weighted by Crippen LogP contribution is -2.44. The van der Waals surface area contributed by atoms with Crippen LogP contribution in [-0.2, 0) is 26.0 Å². The Hall–Kier alpha value is -3.62. The SMILES string of the molecule is CCCc1nc(C)c2c(=O)[nH]c(-c3cc(S(=O)(=O)N(C)CC(=O)N(C)C(=O)CN(C)C)ccc3OCC)nn12. The van der Waals surface area contributed by atoms with Gasteiger partial charge in [0.1, 0.15) is 11.6 Å².